The molecule has 0 radical (unpaired) electrons. The number of carbonyl (C=O) groups excluding carboxylic acids is 2. The van der Waals surface area contributed by atoms with Gasteiger partial charge in [-0.3, -0.25) is 9.59 Å². The highest BCUT2D eigenvalue weighted by molar-refractivity contribution is 7.89. The molecule has 0 aromatic heterocycles. The highest BCUT2D eigenvalue weighted by Gasteiger charge is 2.39. The van der Waals surface area contributed by atoms with E-state index in [9.17, 15) is 18.0 Å². The summed E-state index contributed by atoms with van der Waals surface area (Å²) in [5, 5.41) is 5.39. The Morgan fingerprint density at radius 2 is 2.04 bits per heavy atom. The first kappa shape index (κ1) is 22.6. The lowest BCUT2D eigenvalue weighted by Crippen LogP contribution is -2.49. The summed E-state index contributed by atoms with van der Waals surface area (Å²) in [6.07, 6.45) is 1.05. The van der Waals surface area contributed by atoms with Crippen molar-refractivity contribution < 1.29 is 22.7 Å². The van der Waals surface area contributed by atoms with Gasteiger partial charge in [0.2, 0.25) is 21.8 Å². The van der Waals surface area contributed by atoms with Gasteiger partial charge in [-0.1, -0.05) is 6.07 Å². The third kappa shape index (κ3) is 4.64. The molecule has 9 nitrogen and oxygen atoms in total. The molecule has 156 valence electrons. The number of benzene rings is 1. The zero-order valence-corrected chi connectivity index (χ0v) is 17.0. The standard InChI is InChI=1S/C17H24N4O5S.ClH/c18-12-17(4-8-26-9-5-17)16(23)20-13-2-1-3-14(10-13)27(24,25)21-7-6-19-15(22)11-21;/h1-3,10H,4-9,11-12,18H2,(H,19,22)(H,20,23);1H. The number of sulfonamides is 1. The lowest BCUT2D eigenvalue weighted by atomic mass is 9.79. The maximum absolute atomic E-state index is 12.8. The summed E-state index contributed by atoms with van der Waals surface area (Å²) in [5.74, 6) is -0.570. The van der Waals surface area contributed by atoms with Crippen LogP contribution in [0.25, 0.3) is 0 Å². The first-order chi connectivity index (χ1) is 12.9. The fraction of sp³-hybridized carbons (Fsp3) is 0.529. The predicted molar refractivity (Wildman–Crippen MR) is 106 cm³/mol. The van der Waals surface area contributed by atoms with Gasteiger partial charge >= 0.3 is 0 Å². The number of rotatable bonds is 5. The average Bonchev–Trinajstić information content (AvgIpc) is 2.68. The zero-order valence-electron chi connectivity index (χ0n) is 15.3. The third-order valence-electron chi connectivity index (χ3n) is 5.06. The van der Waals surface area contributed by atoms with E-state index in [1.807, 2.05) is 0 Å². The Kier molecular flexibility index (Phi) is 7.40. The molecule has 28 heavy (non-hydrogen) atoms. The Hall–Kier alpha value is -1.72. The molecule has 2 saturated heterocycles. The molecule has 0 bridgehead atoms. The van der Waals surface area contributed by atoms with Gasteiger partial charge in [-0.2, -0.15) is 4.31 Å². The number of anilines is 1. The fourth-order valence-electron chi connectivity index (χ4n) is 3.25. The van der Waals surface area contributed by atoms with Crippen LogP contribution in [0.1, 0.15) is 12.8 Å². The van der Waals surface area contributed by atoms with Crippen LogP contribution in [0.15, 0.2) is 29.2 Å². The summed E-state index contributed by atoms with van der Waals surface area (Å²) >= 11 is 0. The van der Waals surface area contributed by atoms with Crippen LogP contribution in [0.3, 0.4) is 0 Å². The van der Waals surface area contributed by atoms with Crippen molar-refractivity contribution in [2.75, 3.05) is 44.7 Å². The highest BCUT2D eigenvalue weighted by atomic mass is 35.5. The van der Waals surface area contributed by atoms with Crippen molar-refractivity contribution in [2.45, 2.75) is 17.7 Å². The van der Waals surface area contributed by atoms with Crippen LogP contribution in [-0.4, -0.2) is 63.9 Å². The van der Waals surface area contributed by atoms with Gasteiger partial charge in [-0.25, -0.2) is 8.42 Å². The third-order valence-corrected chi connectivity index (χ3v) is 6.90. The topological polar surface area (TPSA) is 131 Å². The van der Waals surface area contributed by atoms with Gasteiger partial charge in [0.1, 0.15) is 0 Å². The lowest BCUT2D eigenvalue weighted by Gasteiger charge is -2.34. The molecule has 3 rings (SSSR count). The van der Waals surface area contributed by atoms with E-state index in [2.05, 4.69) is 10.6 Å². The van der Waals surface area contributed by atoms with Gasteiger partial charge in [0.25, 0.3) is 0 Å². The van der Waals surface area contributed by atoms with Crippen molar-refractivity contribution in [1.82, 2.24) is 9.62 Å². The van der Waals surface area contributed by atoms with E-state index in [-0.39, 0.29) is 55.3 Å². The fourth-order valence-corrected chi connectivity index (χ4v) is 4.70. The van der Waals surface area contributed by atoms with Crippen molar-refractivity contribution in [1.29, 1.82) is 0 Å². The Labute approximate surface area is 170 Å². The van der Waals surface area contributed by atoms with Crippen molar-refractivity contribution in [3.8, 4) is 0 Å². The molecule has 0 atom stereocenters. The van der Waals surface area contributed by atoms with E-state index in [0.717, 1.165) is 4.31 Å². The SMILES string of the molecule is Cl.NCC1(C(=O)Nc2cccc(S(=O)(=O)N3CCNC(=O)C3)c2)CCOCC1. The first-order valence-corrected chi connectivity index (χ1v) is 10.3. The van der Waals surface area contributed by atoms with E-state index in [1.54, 1.807) is 12.1 Å². The molecule has 11 heteroatoms. The molecule has 4 N–H and O–H groups in total. The van der Waals surface area contributed by atoms with Gasteiger partial charge < -0.3 is 21.1 Å². The molecule has 2 heterocycles. The summed E-state index contributed by atoms with van der Waals surface area (Å²) in [6.45, 7) is 1.40. The van der Waals surface area contributed by atoms with Crippen LogP contribution < -0.4 is 16.4 Å². The van der Waals surface area contributed by atoms with Crippen molar-refractivity contribution in [2.24, 2.45) is 11.1 Å². The maximum Gasteiger partial charge on any atom is 0.243 e. The monoisotopic (exact) mass is 432 g/mol. The van der Waals surface area contributed by atoms with E-state index in [1.165, 1.54) is 12.1 Å². The highest BCUT2D eigenvalue weighted by Crippen LogP contribution is 2.31. The van der Waals surface area contributed by atoms with E-state index < -0.39 is 15.4 Å². The van der Waals surface area contributed by atoms with Crippen LogP contribution in [0.4, 0.5) is 5.69 Å². The Morgan fingerprint density at radius 1 is 1.32 bits per heavy atom. The molecular formula is C17H25ClN4O5S. The van der Waals surface area contributed by atoms with Gasteiger partial charge in [-0.05, 0) is 31.0 Å². The summed E-state index contributed by atoms with van der Waals surface area (Å²) in [6, 6.07) is 6.04. The smallest absolute Gasteiger partial charge is 0.243 e. The Morgan fingerprint density at radius 3 is 2.68 bits per heavy atom. The van der Waals surface area contributed by atoms with Crippen LogP contribution >= 0.6 is 12.4 Å². The summed E-state index contributed by atoms with van der Waals surface area (Å²) in [4.78, 5) is 24.3. The largest absolute Gasteiger partial charge is 0.381 e. The molecule has 0 unspecified atom stereocenters. The molecular weight excluding hydrogens is 408 g/mol. The summed E-state index contributed by atoms with van der Waals surface area (Å²) < 4.78 is 32.0. The number of hydrogen-bond acceptors (Lipinski definition) is 6. The first-order valence-electron chi connectivity index (χ1n) is 8.84. The molecule has 2 fully saturated rings. The van der Waals surface area contributed by atoms with Gasteiger partial charge in [0.15, 0.2) is 0 Å². The molecule has 2 aliphatic rings. The van der Waals surface area contributed by atoms with E-state index >= 15 is 0 Å². The normalized spacial score (nSPS) is 20.0. The second-order valence-electron chi connectivity index (χ2n) is 6.77. The van der Waals surface area contributed by atoms with Crippen molar-refractivity contribution >= 4 is 39.9 Å². The van der Waals surface area contributed by atoms with Crippen LogP contribution in [0, 0.1) is 5.41 Å². The minimum atomic E-state index is -3.82. The number of amides is 2. The van der Waals surface area contributed by atoms with Crippen molar-refractivity contribution in [3.63, 3.8) is 0 Å². The predicted octanol–water partition coefficient (Wildman–Crippen LogP) is -0.0771. The van der Waals surface area contributed by atoms with Crippen LogP contribution in [-0.2, 0) is 24.3 Å². The molecule has 0 aliphatic carbocycles. The molecule has 1 aromatic rings. The Balaban J connectivity index is 0.00000280. The second kappa shape index (κ2) is 9.19. The van der Waals surface area contributed by atoms with Crippen molar-refractivity contribution in [3.05, 3.63) is 24.3 Å². The van der Waals surface area contributed by atoms with Crippen LogP contribution in [0.2, 0.25) is 0 Å². The number of hydrogen-bond donors (Lipinski definition) is 3. The number of piperazine rings is 1. The average molecular weight is 433 g/mol. The number of nitrogens with zero attached hydrogens (tertiary/aromatic N) is 1. The molecule has 2 aliphatic heterocycles. The van der Waals surface area contributed by atoms with Gasteiger partial charge in [-0.15, -0.1) is 12.4 Å². The number of carbonyl (C=O) groups is 2. The summed E-state index contributed by atoms with van der Waals surface area (Å²) in [7, 11) is -3.82. The van der Waals surface area contributed by atoms with E-state index in [0.29, 0.717) is 31.7 Å². The second-order valence-corrected chi connectivity index (χ2v) is 8.71. The quantitative estimate of drug-likeness (QED) is 0.596. The van der Waals surface area contributed by atoms with Crippen LogP contribution in [0.5, 0.6) is 0 Å². The summed E-state index contributed by atoms with van der Waals surface area (Å²) in [5.41, 5.74) is 5.51. The molecule has 0 saturated carbocycles. The maximum atomic E-state index is 12.8. The lowest BCUT2D eigenvalue weighted by molar-refractivity contribution is -0.130. The van der Waals surface area contributed by atoms with Gasteiger partial charge in [0.05, 0.1) is 16.9 Å². The van der Waals surface area contributed by atoms with E-state index in [4.69, 9.17) is 10.5 Å². The number of ether oxygens (including phenoxy) is 1. The zero-order chi connectivity index (χ0) is 19.5. The number of halogens is 1. The minimum absolute atomic E-state index is 0. The van der Waals surface area contributed by atoms with Gasteiger partial charge in [0, 0.05) is 38.5 Å². The number of nitrogens with two attached hydrogens (primary N) is 1. The molecule has 2 amide bonds. The molecule has 0 spiro atoms. The number of nitrogens with one attached hydrogen (secondary N) is 2. The Bertz CT molecular complexity index is 827. The minimum Gasteiger partial charge on any atom is -0.381 e. The molecule has 1 aromatic carbocycles.